The Labute approximate surface area is 164 Å². The van der Waals surface area contributed by atoms with Crippen LogP contribution in [0.2, 0.25) is 0 Å². The summed E-state index contributed by atoms with van der Waals surface area (Å²) in [7, 11) is 0. The van der Waals surface area contributed by atoms with Crippen LogP contribution in [-0.2, 0) is 0 Å². The SMILES string of the molecule is Cc1cc(-c2ccccc2)cc2c1Nc1cncc3sc(-c4nn[nH]n4)c-2c13. The van der Waals surface area contributed by atoms with Gasteiger partial charge in [-0.05, 0) is 41.0 Å². The van der Waals surface area contributed by atoms with Gasteiger partial charge in [0.25, 0.3) is 0 Å². The Hall–Kier alpha value is -3.58. The largest absolute Gasteiger partial charge is 0.353 e. The number of pyridine rings is 1. The molecule has 3 aromatic heterocycles. The molecule has 28 heavy (non-hydrogen) atoms. The van der Waals surface area contributed by atoms with Crippen LogP contribution in [0.5, 0.6) is 0 Å². The zero-order valence-electron chi connectivity index (χ0n) is 14.9. The van der Waals surface area contributed by atoms with Crippen molar-refractivity contribution in [1.29, 1.82) is 0 Å². The van der Waals surface area contributed by atoms with Gasteiger partial charge in [0, 0.05) is 28.4 Å². The van der Waals surface area contributed by atoms with Gasteiger partial charge in [0.1, 0.15) is 0 Å². The van der Waals surface area contributed by atoms with Gasteiger partial charge in [-0.25, -0.2) is 0 Å². The Kier molecular flexibility index (Phi) is 3.15. The summed E-state index contributed by atoms with van der Waals surface area (Å²) < 4.78 is 1.10. The highest BCUT2D eigenvalue weighted by Gasteiger charge is 2.27. The minimum absolute atomic E-state index is 0.609. The zero-order valence-corrected chi connectivity index (χ0v) is 15.7. The molecular formula is C21H14N6S. The van der Waals surface area contributed by atoms with Crippen LogP contribution in [-0.4, -0.2) is 25.6 Å². The van der Waals surface area contributed by atoms with E-state index in [0.29, 0.717) is 5.82 Å². The fourth-order valence-electron chi connectivity index (χ4n) is 3.90. The summed E-state index contributed by atoms with van der Waals surface area (Å²) in [6.45, 7) is 2.14. The molecular weight excluding hydrogens is 368 g/mol. The fourth-order valence-corrected chi connectivity index (χ4v) is 5.04. The molecule has 0 radical (unpaired) electrons. The topological polar surface area (TPSA) is 79.4 Å². The second-order valence-electron chi connectivity index (χ2n) is 6.81. The molecule has 0 spiro atoms. The number of nitrogens with one attached hydrogen (secondary N) is 2. The van der Waals surface area contributed by atoms with Gasteiger partial charge in [-0.3, -0.25) is 4.98 Å². The van der Waals surface area contributed by atoms with Crippen LogP contribution in [0.1, 0.15) is 5.56 Å². The zero-order chi connectivity index (χ0) is 18.7. The average molecular weight is 382 g/mol. The van der Waals surface area contributed by atoms with Crippen molar-refractivity contribution in [2.45, 2.75) is 6.92 Å². The number of aromatic nitrogens is 5. The Balaban J connectivity index is 1.71. The lowest BCUT2D eigenvalue weighted by Crippen LogP contribution is -2.03. The van der Waals surface area contributed by atoms with Crippen molar-refractivity contribution < 1.29 is 0 Å². The number of benzene rings is 2. The van der Waals surface area contributed by atoms with E-state index in [1.165, 1.54) is 16.7 Å². The van der Waals surface area contributed by atoms with Crippen LogP contribution >= 0.6 is 11.3 Å². The lowest BCUT2D eigenvalue weighted by atomic mass is 9.90. The van der Waals surface area contributed by atoms with Crippen molar-refractivity contribution in [2.24, 2.45) is 0 Å². The van der Waals surface area contributed by atoms with Gasteiger partial charge in [-0.1, -0.05) is 30.3 Å². The quantitative estimate of drug-likeness (QED) is 0.432. The number of fused-ring (bicyclic) bond motifs is 2. The standard InChI is InChI=1S/C21H14N6S/c1-11-7-13(12-5-3-2-4-6-12)8-14-17-18-15(23-19(11)14)9-22-10-16(18)28-20(17)21-24-26-27-25-21/h2-10,23H,1H3,(H,24,25,26,27). The summed E-state index contributed by atoms with van der Waals surface area (Å²) in [4.78, 5) is 5.41. The maximum Gasteiger partial charge on any atom is 0.215 e. The molecule has 4 heterocycles. The lowest BCUT2D eigenvalue weighted by molar-refractivity contribution is 0.881. The number of thiophene rings is 1. The monoisotopic (exact) mass is 382 g/mol. The van der Waals surface area contributed by atoms with Gasteiger partial charge in [0.2, 0.25) is 5.82 Å². The van der Waals surface area contributed by atoms with Crippen LogP contribution in [0.15, 0.2) is 54.9 Å². The van der Waals surface area contributed by atoms with E-state index in [4.69, 9.17) is 0 Å². The minimum Gasteiger partial charge on any atom is -0.353 e. The Morgan fingerprint density at radius 1 is 1.00 bits per heavy atom. The summed E-state index contributed by atoms with van der Waals surface area (Å²) in [5, 5.41) is 19.6. The van der Waals surface area contributed by atoms with Crippen molar-refractivity contribution in [3.63, 3.8) is 0 Å². The number of tetrazole rings is 1. The third-order valence-electron chi connectivity index (χ3n) is 5.12. The number of aryl methyl sites for hydroxylation is 1. The Morgan fingerprint density at radius 3 is 2.71 bits per heavy atom. The smallest absolute Gasteiger partial charge is 0.215 e. The number of anilines is 2. The molecule has 0 atom stereocenters. The maximum atomic E-state index is 4.40. The van der Waals surface area contributed by atoms with E-state index in [-0.39, 0.29) is 0 Å². The molecule has 2 aromatic carbocycles. The highest BCUT2D eigenvalue weighted by Crippen LogP contribution is 2.53. The van der Waals surface area contributed by atoms with Crippen LogP contribution < -0.4 is 5.32 Å². The molecule has 5 aromatic rings. The molecule has 0 bridgehead atoms. The predicted octanol–water partition coefficient (Wildman–Crippen LogP) is 5.18. The van der Waals surface area contributed by atoms with Gasteiger partial charge < -0.3 is 5.32 Å². The number of aromatic amines is 1. The van der Waals surface area contributed by atoms with Crippen LogP contribution in [0.4, 0.5) is 11.4 Å². The summed E-state index contributed by atoms with van der Waals surface area (Å²) in [6.07, 6.45) is 3.78. The maximum absolute atomic E-state index is 4.40. The molecule has 134 valence electrons. The van der Waals surface area contributed by atoms with E-state index in [1.807, 2.05) is 18.5 Å². The highest BCUT2D eigenvalue weighted by atomic mass is 32.1. The molecule has 2 N–H and O–H groups in total. The van der Waals surface area contributed by atoms with E-state index < -0.39 is 0 Å². The third-order valence-corrected chi connectivity index (χ3v) is 6.24. The van der Waals surface area contributed by atoms with Crippen LogP contribution in [0.3, 0.4) is 0 Å². The summed E-state index contributed by atoms with van der Waals surface area (Å²) in [6, 6.07) is 14.9. The molecule has 6 nitrogen and oxygen atoms in total. The molecule has 0 unspecified atom stereocenters. The first kappa shape index (κ1) is 15.5. The van der Waals surface area contributed by atoms with Gasteiger partial charge in [-0.2, -0.15) is 5.21 Å². The molecule has 1 aliphatic rings. The van der Waals surface area contributed by atoms with Crippen molar-refractivity contribution in [3.8, 4) is 33.0 Å². The number of rotatable bonds is 2. The minimum atomic E-state index is 0.609. The first-order valence-electron chi connectivity index (χ1n) is 8.91. The van der Waals surface area contributed by atoms with Crippen molar-refractivity contribution in [2.75, 3.05) is 5.32 Å². The van der Waals surface area contributed by atoms with Gasteiger partial charge in [-0.15, -0.1) is 21.5 Å². The van der Waals surface area contributed by atoms with Gasteiger partial charge in [0.05, 0.1) is 21.5 Å². The van der Waals surface area contributed by atoms with Gasteiger partial charge in [0.15, 0.2) is 0 Å². The highest BCUT2D eigenvalue weighted by molar-refractivity contribution is 7.23. The number of nitrogens with zero attached hydrogens (tertiary/aromatic N) is 4. The number of H-pyrrole nitrogens is 1. The molecule has 0 saturated carbocycles. The first-order chi connectivity index (χ1) is 13.8. The number of hydrogen-bond donors (Lipinski definition) is 2. The van der Waals surface area contributed by atoms with E-state index in [9.17, 15) is 0 Å². The molecule has 0 fully saturated rings. The third kappa shape index (κ3) is 2.13. The van der Waals surface area contributed by atoms with Crippen molar-refractivity contribution in [3.05, 3.63) is 60.4 Å². The normalized spacial score (nSPS) is 12.0. The first-order valence-corrected chi connectivity index (χ1v) is 9.73. The second-order valence-corrected chi connectivity index (χ2v) is 7.86. The Morgan fingerprint density at radius 2 is 1.89 bits per heavy atom. The Bertz CT molecular complexity index is 1340. The molecule has 7 heteroatoms. The van der Waals surface area contributed by atoms with Crippen LogP contribution in [0.25, 0.3) is 43.0 Å². The molecule has 0 saturated heterocycles. The summed E-state index contributed by atoms with van der Waals surface area (Å²) >= 11 is 1.64. The van der Waals surface area contributed by atoms with E-state index >= 15 is 0 Å². The van der Waals surface area contributed by atoms with E-state index in [2.05, 4.69) is 74.2 Å². The number of hydrogen-bond acceptors (Lipinski definition) is 6. The van der Waals surface area contributed by atoms with E-state index in [1.54, 1.807) is 11.3 Å². The lowest BCUT2D eigenvalue weighted by Gasteiger charge is -2.23. The average Bonchev–Trinajstić information content (AvgIpc) is 3.38. The fraction of sp³-hybridized carbons (Fsp3) is 0.0476. The molecule has 6 rings (SSSR count). The molecule has 0 aliphatic carbocycles. The summed E-state index contributed by atoms with van der Waals surface area (Å²) in [5.74, 6) is 0.609. The van der Waals surface area contributed by atoms with E-state index in [0.717, 1.165) is 37.5 Å². The second kappa shape index (κ2) is 5.71. The van der Waals surface area contributed by atoms with Gasteiger partial charge >= 0.3 is 0 Å². The molecule has 0 amide bonds. The summed E-state index contributed by atoms with van der Waals surface area (Å²) in [5.41, 5.74) is 7.99. The predicted molar refractivity (Wildman–Crippen MR) is 112 cm³/mol. The molecule has 1 aliphatic heterocycles. The van der Waals surface area contributed by atoms with Crippen molar-refractivity contribution >= 4 is 32.8 Å². The van der Waals surface area contributed by atoms with Crippen LogP contribution in [0, 0.1) is 6.92 Å². The van der Waals surface area contributed by atoms with Crippen molar-refractivity contribution in [1.82, 2.24) is 25.6 Å².